The van der Waals surface area contributed by atoms with Crippen molar-refractivity contribution < 1.29 is 4.79 Å². The molecule has 0 unspecified atom stereocenters. The first-order valence-electron chi connectivity index (χ1n) is 3.45. The zero-order valence-electron chi connectivity index (χ0n) is 6.66. The van der Waals surface area contributed by atoms with Gasteiger partial charge in [-0.3, -0.25) is 4.79 Å². The van der Waals surface area contributed by atoms with Crippen LogP contribution in [0.25, 0.3) is 0 Å². The summed E-state index contributed by atoms with van der Waals surface area (Å²) in [6.45, 7) is 1.45. The zero-order chi connectivity index (χ0) is 9.14. The van der Waals surface area contributed by atoms with E-state index in [-0.39, 0.29) is 5.91 Å². The number of anilines is 2. The average Bonchev–Trinajstić information content (AvgIpc) is 1.96. The molecule has 1 aromatic carbocycles. The number of hydrogen-bond acceptors (Lipinski definition) is 3. The maximum atomic E-state index is 10.6. The van der Waals surface area contributed by atoms with Crippen molar-refractivity contribution in [2.75, 3.05) is 11.1 Å². The Morgan fingerprint density at radius 1 is 1.58 bits per heavy atom. The number of hydrogen-bond donors (Lipinski definition) is 3. The van der Waals surface area contributed by atoms with Crippen LogP contribution in [0.2, 0.25) is 0 Å². The maximum absolute atomic E-state index is 10.6. The molecule has 1 rings (SSSR count). The van der Waals surface area contributed by atoms with Crippen molar-refractivity contribution in [3.05, 3.63) is 18.2 Å². The van der Waals surface area contributed by atoms with E-state index >= 15 is 0 Å². The molecule has 0 aliphatic heterocycles. The maximum Gasteiger partial charge on any atom is 0.221 e. The molecular weight excluding hydrogens is 172 g/mol. The Hall–Kier alpha value is -1.16. The summed E-state index contributed by atoms with van der Waals surface area (Å²) in [5, 5.41) is 2.63. The quantitative estimate of drug-likeness (QED) is 0.455. The van der Waals surface area contributed by atoms with E-state index in [2.05, 4.69) is 17.9 Å². The minimum absolute atomic E-state index is 0.104. The Bertz CT molecular complexity index is 312. The monoisotopic (exact) mass is 182 g/mol. The van der Waals surface area contributed by atoms with Gasteiger partial charge in [0, 0.05) is 23.2 Å². The Morgan fingerprint density at radius 3 is 2.75 bits per heavy atom. The highest BCUT2D eigenvalue weighted by atomic mass is 32.1. The summed E-state index contributed by atoms with van der Waals surface area (Å²) >= 11 is 4.11. The number of benzene rings is 1. The Kier molecular flexibility index (Phi) is 2.60. The normalized spacial score (nSPS) is 9.50. The van der Waals surface area contributed by atoms with E-state index < -0.39 is 0 Å². The van der Waals surface area contributed by atoms with Gasteiger partial charge in [-0.2, -0.15) is 0 Å². The summed E-state index contributed by atoms with van der Waals surface area (Å²) in [5.41, 5.74) is 6.84. The van der Waals surface area contributed by atoms with Gasteiger partial charge < -0.3 is 11.1 Å². The number of nitrogens with two attached hydrogens (primary N) is 1. The van der Waals surface area contributed by atoms with E-state index in [4.69, 9.17) is 5.73 Å². The molecule has 0 saturated carbocycles. The molecule has 0 aliphatic rings. The molecule has 3 N–H and O–H groups in total. The van der Waals surface area contributed by atoms with Crippen molar-refractivity contribution >= 4 is 29.9 Å². The second-order valence-corrected chi connectivity index (χ2v) is 2.94. The molecular formula is C8H10N2OS. The van der Waals surface area contributed by atoms with Crippen molar-refractivity contribution in [3.63, 3.8) is 0 Å². The molecule has 4 heteroatoms. The summed E-state index contributed by atoms with van der Waals surface area (Å²) in [5.74, 6) is -0.104. The largest absolute Gasteiger partial charge is 0.398 e. The number of carbonyl (C=O) groups is 1. The van der Waals surface area contributed by atoms with E-state index in [0.29, 0.717) is 16.3 Å². The Morgan fingerprint density at radius 2 is 2.25 bits per heavy atom. The van der Waals surface area contributed by atoms with Crippen molar-refractivity contribution in [1.82, 2.24) is 0 Å². The van der Waals surface area contributed by atoms with Gasteiger partial charge in [0.05, 0.1) is 0 Å². The summed E-state index contributed by atoms with van der Waals surface area (Å²) in [7, 11) is 0. The van der Waals surface area contributed by atoms with Gasteiger partial charge in [0.15, 0.2) is 0 Å². The number of carbonyl (C=O) groups excluding carboxylic acids is 1. The minimum Gasteiger partial charge on any atom is -0.398 e. The first-order chi connectivity index (χ1) is 5.59. The average molecular weight is 182 g/mol. The molecule has 12 heavy (non-hydrogen) atoms. The highest BCUT2D eigenvalue weighted by molar-refractivity contribution is 7.80. The Labute approximate surface area is 76.4 Å². The number of nitrogens with one attached hydrogen (secondary N) is 1. The van der Waals surface area contributed by atoms with Crippen molar-refractivity contribution in [2.24, 2.45) is 0 Å². The molecule has 0 spiro atoms. The lowest BCUT2D eigenvalue weighted by Gasteiger charge is -2.03. The molecule has 1 aromatic rings. The van der Waals surface area contributed by atoms with Crippen molar-refractivity contribution in [2.45, 2.75) is 11.8 Å². The van der Waals surface area contributed by atoms with Crippen LogP contribution in [0.5, 0.6) is 0 Å². The lowest BCUT2D eigenvalue weighted by Crippen LogP contribution is -2.05. The standard InChI is InChI=1S/C8H10N2OS/c1-5(11)10-6-2-3-7(9)8(12)4-6/h2-4,12H,9H2,1H3,(H,10,11). The van der Waals surface area contributed by atoms with Gasteiger partial charge in [0.2, 0.25) is 5.91 Å². The van der Waals surface area contributed by atoms with Crippen molar-refractivity contribution in [3.8, 4) is 0 Å². The number of amides is 1. The third-order valence-corrected chi connectivity index (χ3v) is 1.74. The van der Waals surface area contributed by atoms with Crippen LogP contribution in [0.1, 0.15) is 6.92 Å². The number of rotatable bonds is 1. The van der Waals surface area contributed by atoms with Crippen LogP contribution in [0, 0.1) is 0 Å². The zero-order valence-corrected chi connectivity index (χ0v) is 7.56. The summed E-state index contributed by atoms with van der Waals surface area (Å²) in [6, 6.07) is 5.14. The summed E-state index contributed by atoms with van der Waals surface area (Å²) in [6.07, 6.45) is 0. The van der Waals surface area contributed by atoms with Gasteiger partial charge >= 0.3 is 0 Å². The summed E-state index contributed by atoms with van der Waals surface area (Å²) < 4.78 is 0. The third-order valence-electron chi connectivity index (χ3n) is 1.35. The third kappa shape index (κ3) is 2.17. The predicted octanol–water partition coefficient (Wildman–Crippen LogP) is 1.52. The van der Waals surface area contributed by atoms with Gasteiger partial charge in [-0.25, -0.2) is 0 Å². The van der Waals surface area contributed by atoms with Crippen LogP contribution in [0.15, 0.2) is 23.1 Å². The highest BCUT2D eigenvalue weighted by Gasteiger charge is 1.97. The van der Waals surface area contributed by atoms with E-state index in [1.54, 1.807) is 18.2 Å². The lowest BCUT2D eigenvalue weighted by molar-refractivity contribution is -0.114. The SMILES string of the molecule is CC(=O)Nc1ccc(N)c(S)c1. The van der Waals surface area contributed by atoms with Gasteiger partial charge in [-0.05, 0) is 18.2 Å². The van der Waals surface area contributed by atoms with Gasteiger partial charge in [0.1, 0.15) is 0 Å². The molecule has 3 nitrogen and oxygen atoms in total. The predicted molar refractivity (Wildman–Crippen MR) is 52.4 cm³/mol. The molecule has 0 saturated heterocycles. The molecule has 0 radical (unpaired) electrons. The lowest BCUT2D eigenvalue weighted by atomic mass is 10.3. The second-order valence-electron chi connectivity index (χ2n) is 2.45. The van der Waals surface area contributed by atoms with Crippen LogP contribution in [-0.2, 0) is 4.79 Å². The first kappa shape index (κ1) is 8.93. The van der Waals surface area contributed by atoms with E-state index in [1.807, 2.05) is 0 Å². The fourth-order valence-electron chi connectivity index (χ4n) is 0.825. The number of thiol groups is 1. The van der Waals surface area contributed by atoms with E-state index in [9.17, 15) is 4.79 Å². The smallest absolute Gasteiger partial charge is 0.221 e. The first-order valence-corrected chi connectivity index (χ1v) is 3.90. The summed E-state index contributed by atoms with van der Waals surface area (Å²) in [4.78, 5) is 11.3. The molecule has 1 amide bonds. The van der Waals surface area contributed by atoms with E-state index in [0.717, 1.165) is 0 Å². The van der Waals surface area contributed by atoms with Crippen molar-refractivity contribution in [1.29, 1.82) is 0 Å². The van der Waals surface area contributed by atoms with Crippen LogP contribution >= 0.6 is 12.6 Å². The van der Waals surface area contributed by atoms with Crippen LogP contribution < -0.4 is 11.1 Å². The topological polar surface area (TPSA) is 55.1 Å². The fraction of sp³-hybridized carbons (Fsp3) is 0.125. The van der Waals surface area contributed by atoms with Gasteiger partial charge in [-0.15, -0.1) is 12.6 Å². The molecule has 0 heterocycles. The number of nitrogen functional groups attached to an aromatic ring is 1. The minimum atomic E-state index is -0.104. The van der Waals surface area contributed by atoms with Crippen LogP contribution in [0.4, 0.5) is 11.4 Å². The van der Waals surface area contributed by atoms with E-state index in [1.165, 1.54) is 6.92 Å². The highest BCUT2D eigenvalue weighted by Crippen LogP contribution is 2.20. The molecule has 0 fully saturated rings. The molecule has 64 valence electrons. The van der Waals surface area contributed by atoms with Crippen LogP contribution in [-0.4, -0.2) is 5.91 Å². The second kappa shape index (κ2) is 3.49. The molecule has 0 atom stereocenters. The van der Waals surface area contributed by atoms with Gasteiger partial charge in [-0.1, -0.05) is 0 Å². The van der Waals surface area contributed by atoms with Crippen LogP contribution in [0.3, 0.4) is 0 Å². The Balaban J connectivity index is 2.89. The molecule has 0 bridgehead atoms. The molecule has 0 aromatic heterocycles. The van der Waals surface area contributed by atoms with Gasteiger partial charge in [0.25, 0.3) is 0 Å². The fourth-order valence-corrected chi connectivity index (χ4v) is 1.04. The molecule has 0 aliphatic carbocycles.